The molecule has 0 fully saturated rings. The maximum Gasteiger partial charge on any atom is 0.312 e. The van der Waals surface area contributed by atoms with Gasteiger partial charge < -0.3 is 0 Å². The minimum atomic E-state index is -0.467. The lowest BCUT2D eigenvalue weighted by atomic mass is 10.1. The lowest BCUT2D eigenvalue weighted by Crippen LogP contribution is -1.97. The molecule has 0 amide bonds. The maximum absolute atomic E-state index is 11.0. The van der Waals surface area contributed by atoms with Crippen LogP contribution in [0.3, 0.4) is 0 Å². The normalized spacial score (nSPS) is 10.7. The van der Waals surface area contributed by atoms with Gasteiger partial charge in [0.2, 0.25) is 0 Å². The Hall–Kier alpha value is -1.08. The highest BCUT2D eigenvalue weighted by atomic mass is 79.9. The molecule has 0 unspecified atom stereocenters. The van der Waals surface area contributed by atoms with Gasteiger partial charge in [0.15, 0.2) is 5.52 Å². The van der Waals surface area contributed by atoms with Crippen molar-refractivity contribution >= 4 is 48.6 Å². The Morgan fingerprint density at radius 2 is 1.75 bits per heavy atom. The number of benzene rings is 1. The van der Waals surface area contributed by atoms with E-state index in [1.165, 1.54) is 12.4 Å². The van der Waals surface area contributed by atoms with Crippen LogP contribution in [0.4, 0.5) is 5.69 Å². The largest absolute Gasteiger partial charge is 0.312 e. The van der Waals surface area contributed by atoms with Crippen LogP contribution in [0, 0.1) is 17.0 Å². The van der Waals surface area contributed by atoms with Gasteiger partial charge in [-0.05, 0) is 44.3 Å². The summed E-state index contributed by atoms with van der Waals surface area (Å²) < 4.78 is 1.02. The van der Waals surface area contributed by atoms with Crippen LogP contribution in [0.5, 0.6) is 0 Å². The zero-order valence-electron chi connectivity index (χ0n) is 8.07. The van der Waals surface area contributed by atoms with Crippen molar-refractivity contribution in [3.63, 3.8) is 0 Å². The quantitative estimate of drug-likeness (QED) is 0.586. The van der Waals surface area contributed by atoms with Crippen LogP contribution in [-0.4, -0.2) is 14.9 Å². The first-order chi connectivity index (χ1) is 7.54. The van der Waals surface area contributed by atoms with Crippen molar-refractivity contribution in [2.75, 3.05) is 0 Å². The lowest BCUT2D eigenvalue weighted by Gasteiger charge is -2.06. The third kappa shape index (κ3) is 1.60. The van der Waals surface area contributed by atoms with Crippen molar-refractivity contribution < 1.29 is 4.92 Å². The predicted octanol–water partition coefficient (Wildman–Crippen LogP) is 3.37. The second-order valence-corrected chi connectivity index (χ2v) is 4.70. The van der Waals surface area contributed by atoms with Gasteiger partial charge >= 0.3 is 5.69 Å². The molecule has 5 nitrogen and oxygen atoms in total. The highest BCUT2D eigenvalue weighted by Crippen LogP contribution is 2.40. The number of aromatic nitrogens is 2. The van der Waals surface area contributed by atoms with Crippen molar-refractivity contribution in [2.24, 2.45) is 0 Å². The molecule has 0 saturated heterocycles. The van der Waals surface area contributed by atoms with Gasteiger partial charge in [0.05, 0.1) is 10.4 Å². The summed E-state index contributed by atoms with van der Waals surface area (Å²) in [6.07, 6.45) is 2.95. The van der Waals surface area contributed by atoms with E-state index in [1.807, 2.05) is 6.92 Å². The van der Waals surface area contributed by atoms with Crippen LogP contribution in [0.15, 0.2) is 21.3 Å². The summed E-state index contributed by atoms with van der Waals surface area (Å²) >= 11 is 6.50. The van der Waals surface area contributed by atoms with Crippen LogP contribution >= 0.6 is 31.9 Å². The number of hydrogen-bond donors (Lipinski definition) is 0. The fourth-order valence-electron chi connectivity index (χ4n) is 1.43. The molecule has 1 aromatic carbocycles. The van der Waals surface area contributed by atoms with Crippen LogP contribution in [0.25, 0.3) is 11.0 Å². The molecule has 0 saturated carbocycles. The van der Waals surface area contributed by atoms with E-state index < -0.39 is 4.92 Å². The summed E-state index contributed by atoms with van der Waals surface area (Å²) in [6.45, 7) is 1.83. The predicted molar refractivity (Wildman–Crippen MR) is 66.3 cm³/mol. The molecular weight excluding hydrogens is 342 g/mol. The second kappa shape index (κ2) is 4.06. The molecule has 82 valence electrons. The molecule has 0 N–H and O–H groups in total. The topological polar surface area (TPSA) is 68.9 Å². The molecule has 0 spiro atoms. The minimum absolute atomic E-state index is 0.0689. The van der Waals surface area contributed by atoms with E-state index in [0.29, 0.717) is 20.0 Å². The lowest BCUT2D eigenvalue weighted by molar-refractivity contribution is -0.384. The fraction of sp³-hybridized carbons (Fsp3) is 0.111. The molecule has 0 aliphatic carbocycles. The summed E-state index contributed by atoms with van der Waals surface area (Å²) in [6, 6.07) is 0. The molecule has 0 atom stereocenters. The number of halogens is 2. The Kier molecular flexibility index (Phi) is 2.90. The molecule has 1 aromatic heterocycles. The zero-order chi connectivity index (χ0) is 11.9. The Morgan fingerprint density at radius 3 is 2.31 bits per heavy atom. The maximum atomic E-state index is 11.0. The smallest absolute Gasteiger partial charge is 0.258 e. The van der Waals surface area contributed by atoms with Crippen LogP contribution in [0.2, 0.25) is 0 Å². The summed E-state index contributed by atoms with van der Waals surface area (Å²) in [5, 5.41) is 11.0. The zero-order valence-corrected chi connectivity index (χ0v) is 11.2. The molecule has 0 radical (unpaired) electrons. The minimum Gasteiger partial charge on any atom is -0.258 e. The van der Waals surface area contributed by atoms with E-state index in [0.717, 1.165) is 5.56 Å². The molecular formula is C9H5Br2N3O2. The average molecular weight is 347 g/mol. The van der Waals surface area contributed by atoms with E-state index in [4.69, 9.17) is 0 Å². The second-order valence-electron chi connectivity index (χ2n) is 3.11. The number of aryl methyl sites for hydroxylation is 1. The van der Waals surface area contributed by atoms with Gasteiger partial charge in [-0.2, -0.15) is 0 Å². The van der Waals surface area contributed by atoms with Crippen molar-refractivity contribution in [2.45, 2.75) is 6.92 Å². The van der Waals surface area contributed by atoms with Crippen molar-refractivity contribution in [3.8, 4) is 0 Å². The number of fused-ring (bicyclic) bond motifs is 1. The van der Waals surface area contributed by atoms with E-state index in [2.05, 4.69) is 41.8 Å². The van der Waals surface area contributed by atoms with Gasteiger partial charge in [0.25, 0.3) is 0 Å². The van der Waals surface area contributed by atoms with Gasteiger partial charge in [0.1, 0.15) is 4.47 Å². The van der Waals surface area contributed by atoms with E-state index in [9.17, 15) is 10.1 Å². The van der Waals surface area contributed by atoms with Crippen molar-refractivity contribution in [3.05, 3.63) is 37.0 Å². The third-order valence-corrected chi connectivity index (χ3v) is 4.49. The molecule has 16 heavy (non-hydrogen) atoms. The molecule has 2 aromatic rings. The van der Waals surface area contributed by atoms with Gasteiger partial charge in [-0.15, -0.1) is 0 Å². The van der Waals surface area contributed by atoms with E-state index >= 15 is 0 Å². The van der Waals surface area contributed by atoms with Gasteiger partial charge in [-0.25, -0.2) is 4.98 Å². The summed E-state index contributed by atoms with van der Waals surface area (Å²) in [7, 11) is 0. The number of nitro groups is 1. The first-order valence-corrected chi connectivity index (χ1v) is 5.85. The molecule has 0 bridgehead atoms. The first-order valence-electron chi connectivity index (χ1n) is 4.26. The standard InChI is InChI=1S/C9H5Br2N3O2/c1-4-5(10)6(11)9(14(15)16)8-7(4)12-2-3-13-8/h2-3H,1H3. The van der Waals surface area contributed by atoms with Gasteiger partial charge in [-0.3, -0.25) is 15.1 Å². The van der Waals surface area contributed by atoms with Crippen LogP contribution < -0.4 is 0 Å². The van der Waals surface area contributed by atoms with E-state index in [1.54, 1.807) is 0 Å². The Bertz CT molecular complexity index is 601. The molecule has 0 aliphatic heterocycles. The number of nitro benzene ring substituents is 1. The summed E-state index contributed by atoms with van der Waals surface area (Å²) in [4.78, 5) is 18.6. The van der Waals surface area contributed by atoms with E-state index in [-0.39, 0.29) is 5.69 Å². The van der Waals surface area contributed by atoms with Crippen LogP contribution in [-0.2, 0) is 0 Å². The Morgan fingerprint density at radius 1 is 1.19 bits per heavy atom. The Labute approximate surface area is 107 Å². The van der Waals surface area contributed by atoms with Crippen molar-refractivity contribution in [1.82, 2.24) is 9.97 Å². The Balaban J connectivity index is 3.04. The summed E-state index contributed by atoms with van der Waals surface area (Å²) in [5.41, 5.74) is 1.57. The van der Waals surface area contributed by atoms with Crippen LogP contribution in [0.1, 0.15) is 5.56 Å². The highest BCUT2D eigenvalue weighted by molar-refractivity contribution is 9.13. The highest BCUT2D eigenvalue weighted by Gasteiger charge is 2.24. The van der Waals surface area contributed by atoms with Crippen molar-refractivity contribution in [1.29, 1.82) is 0 Å². The monoisotopic (exact) mass is 345 g/mol. The third-order valence-electron chi connectivity index (χ3n) is 2.19. The molecule has 1 heterocycles. The number of hydrogen-bond acceptors (Lipinski definition) is 4. The van der Waals surface area contributed by atoms with Gasteiger partial charge in [-0.1, -0.05) is 0 Å². The molecule has 2 rings (SSSR count). The summed E-state index contributed by atoms with van der Waals surface area (Å²) in [5.74, 6) is 0. The molecule has 7 heteroatoms. The van der Waals surface area contributed by atoms with Gasteiger partial charge in [0, 0.05) is 16.9 Å². The molecule has 0 aliphatic rings. The number of rotatable bonds is 1. The first kappa shape index (κ1) is 11.4. The SMILES string of the molecule is Cc1c(Br)c(Br)c([N+](=O)[O-])c2nccnc12. The average Bonchev–Trinajstić information content (AvgIpc) is 2.26. The number of nitrogens with zero attached hydrogens (tertiary/aromatic N) is 3. The fourth-order valence-corrected chi connectivity index (χ4v) is 2.43.